The van der Waals surface area contributed by atoms with E-state index in [4.69, 9.17) is 4.74 Å². The van der Waals surface area contributed by atoms with Gasteiger partial charge in [-0.1, -0.05) is 19.8 Å². The highest BCUT2D eigenvalue weighted by Gasteiger charge is 2.30. The summed E-state index contributed by atoms with van der Waals surface area (Å²) >= 11 is 0. The molecule has 1 heterocycles. The molecule has 1 aliphatic carbocycles. The summed E-state index contributed by atoms with van der Waals surface area (Å²) in [7, 11) is 0. The Labute approximate surface area is 110 Å². The summed E-state index contributed by atoms with van der Waals surface area (Å²) in [5.41, 5.74) is 0. The number of rotatable bonds is 4. The van der Waals surface area contributed by atoms with Crippen LogP contribution in [-0.4, -0.2) is 49.2 Å². The van der Waals surface area contributed by atoms with E-state index in [9.17, 15) is 4.79 Å². The molecule has 0 aromatic rings. The third-order valence-electron chi connectivity index (χ3n) is 4.34. The summed E-state index contributed by atoms with van der Waals surface area (Å²) in [6.07, 6.45) is 5.05. The molecule has 2 fully saturated rings. The number of carbonyl (C=O) groups is 1. The summed E-state index contributed by atoms with van der Waals surface area (Å²) in [6.45, 7) is 7.10. The third kappa shape index (κ3) is 3.23. The molecule has 0 spiro atoms. The number of morpholine rings is 1. The van der Waals surface area contributed by atoms with Crippen LogP contribution >= 0.6 is 0 Å². The largest absolute Gasteiger partial charge is 0.378 e. The van der Waals surface area contributed by atoms with E-state index in [-0.39, 0.29) is 11.9 Å². The molecule has 3 unspecified atom stereocenters. The summed E-state index contributed by atoms with van der Waals surface area (Å²) in [4.78, 5) is 14.2. The Bertz CT molecular complexity index is 277. The molecule has 0 aromatic carbocycles. The Morgan fingerprint density at radius 1 is 1.39 bits per heavy atom. The molecule has 1 aliphatic heterocycles. The van der Waals surface area contributed by atoms with E-state index in [1.807, 2.05) is 11.8 Å². The van der Waals surface area contributed by atoms with Gasteiger partial charge in [-0.15, -0.1) is 0 Å². The van der Waals surface area contributed by atoms with Crippen LogP contribution in [0.4, 0.5) is 0 Å². The first kappa shape index (κ1) is 13.8. The lowest BCUT2D eigenvalue weighted by molar-refractivity contribution is -0.137. The Morgan fingerprint density at radius 2 is 2.11 bits per heavy atom. The van der Waals surface area contributed by atoms with Gasteiger partial charge in [-0.25, -0.2) is 0 Å². The van der Waals surface area contributed by atoms with Crippen LogP contribution in [0.15, 0.2) is 0 Å². The van der Waals surface area contributed by atoms with Gasteiger partial charge in [0, 0.05) is 19.1 Å². The van der Waals surface area contributed by atoms with E-state index in [1.165, 1.54) is 25.7 Å². The van der Waals surface area contributed by atoms with Crippen LogP contribution in [0.25, 0.3) is 0 Å². The number of hydrogen-bond donors (Lipinski definition) is 1. The molecule has 4 nitrogen and oxygen atoms in total. The van der Waals surface area contributed by atoms with Crippen molar-refractivity contribution in [1.29, 1.82) is 0 Å². The summed E-state index contributed by atoms with van der Waals surface area (Å²) in [5.74, 6) is 0.991. The third-order valence-corrected chi connectivity index (χ3v) is 4.34. The molecule has 104 valence electrons. The Hall–Kier alpha value is -0.610. The maximum absolute atomic E-state index is 12.3. The fourth-order valence-electron chi connectivity index (χ4n) is 3.19. The van der Waals surface area contributed by atoms with Crippen LogP contribution in [0.2, 0.25) is 0 Å². The van der Waals surface area contributed by atoms with Gasteiger partial charge < -0.3 is 15.0 Å². The molecule has 1 N–H and O–H groups in total. The predicted molar refractivity (Wildman–Crippen MR) is 71.4 cm³/mol. The Kier molecular flexibility index (Phi) is 5.01. The van der Waals surface area contributed by atoms with Crippen LogP contribution < -0.4 is 5.32 Å². The van der Waals surface area contributed by atoms with Crippen molar-refractivity contribution in [3.63, 3.8) is 0 Å². The van der Waals surface area contributed by atoms with Gasteiger partial charge in [0.05, 0.1) is 19.3 Å². The zero-order chi connectivity index (χ0) is 13.0. The molecular formula is C14H26N2O2. The van der Waals surface area contributed by atoms with Crippen molar-refractivity contribution in [2.45, 2.75) is 51.6 Å². The lowest BCUT2D eigenvalue weighted by atomic mass is 10.00. The monoisotopic (exact) mass is 254 g/mol. The molecule has 2 aliphatic rings. The molecule has 4 heteroatoms. The number of amides is 1. The second-order valence-electron chi connectivity index (χ2n) is 5.53. The number of hydrogen-bond acceptors (Lipinski definition) is 3. The maximum Gasteiger partial charge on any atom is 0.239 e. The number of carbonyl (C=O) groups excluding carboxylic acids is 1. The molecule has 0 bridgehead atoms. The summed E-state index contributed by atoms with van der Waals surface area (Å²) < 4.78 is 5.28. The number of nitrogens with zero attached hydrogens (tertiary/aromatic N) is 1. The fourth-order valence-corrected chi connectivity index (χ4v) is 3.19. The van der Waals surface area contributed by atoms with Gasteiger partial charge in [-0.05, 0) is 25.7 Å². The minimum absolute atomic E-state index is 0.0553. The standard InChI is InChI=1S/C14H26N2O2/c1-3-12-5-4-6-13(12)15-11(2)14(17)16-7-9-18-10-8-16/h11-13,15H,3-10H2,1-2H3. The van der Waals surface area contributed by atoms with E-state index in [1.54, 1.807) is 0 Å². The van der Waals surface area contributed by atoms with Crippen molar-refractivity contribution in [1.82, 2.24) is 10.2 Å². The van der Waals surface area contributed by atoms with Crippen LogP contribution in [0.1, 0.15) is 39.5 Å². The van der Waals surface area contributed by atoms with E-state index < -0.39 is 0 Å². The second-order valence-corrected chi connectivity index (χ2v) is 5.53. The van der Waals surface area contributed by atoms with Gasteiger partial charge in [0.25, 0.3) is 0 Å². The number of ether oxygens (including phenoxy) is 1. The molecule has 3 atom stereocenters. The highest BCUT2D eigenvalue weighted by Crippen LogP contribution is 2.28. The molecule has 1 saturated heterocycles. The van der Waals surface area contributed by atoms with Crippen molar-refractivity contribution < 1.29 is 9.53 Å². The lowest BCUT2D eigenvalue weighted by Crippen LogP contribution is -2.52. The highest BCUT2D eigenvalue weighted by molar-refractivity contribution is 5.81. The molecule has 1 saturated carbocycles. The quantitative estimate of drug-likeness (QED) is 0.824. The molecule has 0 aromatic heterocycles. The van der Waals surface area contributed by atoms with Crippen LogP contribution in [-0.2, 0) is 9.53 Å². The van der Waals surface area contributed by atoms with E-state index in [0.717, 1.165) is 19.0 Å². The van der Waals surface area contributed by atoms with Crippen LogP contribution in [0.3, 0.4) is 0 Å². The predicted octanol–water partition coefficient (Wildman–Crippen LogP) is 1.40. The zero-order valence-corrected chi connectivity index (χ0v) is 11.7. The minimum atomic E-state index is -0.0553. The van der Waals surface area contributed by atoms with Crippen LogP contribution in [0, 0.1) is 5.92 Å². The SMILES string of the molecule is CCC1CCCC1NC(C)C(=O)N1CCOCC1. The summed E-state index contributed by atoms with van der Waals surface area (Å²) in [5, 5.41) is 3.54. The Balaban J connectivity index is 1.82. The second kappa shape index (κ2) is 6.53. The van der Waals surface area contributed by atoms with Crippen molar-refractivity contribution >= 4 is 5.91 Å². The molecule has 1 amide bonds. The first-order chi connectivity index (χ1) is 8.72. The van der Waals surface area contributed by atoms with E-state index in [0.29, 0.717) is 19.3 Å². The van der Waals surface area contributed by atoms with Crippen LogP contribution in [0.5, 0.6) is 0 Å². The summed E-state index contributed by atoms with van der Waals surface area (Å²) in [6, 6.07) is 0.482. The molecule has 2 rings (SSSR count). The zero-order valence-electron chi connectivity index (χ0n) is 11.7. The molecule has 18 heavy (non-hydrogen) atoms. The topological polar surface area (TPSA) is 41.6 Å². The van der Waals surface area contributed by atoms with Gasteiger partial charge >= 0.3 is 0 Å². The van der Waals surface area contributed by atoms with E-state index in [2.05, 4.69) is 12.2 Å². The van der Waals surface area contributed by atoms with Gasteiger partial charge in [0.1, 0.15) is 0 Å². The average molecular weight is 254 g/mol. The highest BCUT2D eigenvalue weighted by atomic mass is 16.5. The van der Waals surface area contributed by atoms with Gasteiger partial charge in [0.2, 0.25) is 5.91 Å². The van der Waals surface area contributed by atoms with Crippen molar-refractivity contribution in [2.75, 3.05) is 26.3 Å². The van der Waals surface area contributed by atoms with Gasteiger partial charge in [-0.2, -0.15) is 0 Å². The fraction of sp³-hybridized carbons (Fsp3) is 0.929. The average Bonchev–Trinajstić information content (AvgIpc) is 2.86. The lowest BCUT2D eigenvalue weighted by Gasteiger charge is -2.31. The Morgan fingerprint density at radius 3 is 2.78 bits per heavy atom. The smallest absolute Gasteiger partial charge is 0.239 e. The van der Waals surface area contributed by atoms with E-state index >= 15 is 0 Å². The molecular weight excluding hydrogens is 228 g/mol. The number of nitrogens with one attached hydrogen (secondary N) is 1. The normalized spacial score (nSPS) is 30.4. The van der Waals surface area contributed by atoms with Gasteiger partial charge in [0.15, 0.2) is 0 Å². The first-order valence-corrected chi connectivity index (χ1v) is 7.35. The van der Waals surface area contributed by atoms with Gasteiger partial charge in [-0.3, -0.25) is 4.79 Å². The molecule has 0 radical (unpaired) electrons. The van der Waals surface area contributed by atoms with Crippen molar-refractivity contribution in [3.8, 4) is 0 Å². The van der Waals surface area contributed by atoms with Crippen molar-refractivity contribution in [3.05, 3.63) is 0 Å². The van der Waals surface area contributed by atoms with Crippen molar-refractivity contribution in [2.24, 2.45) is 5.92 Å². The first-order valence-electron chi connectivity index (χ1n) is 7.35. The minimum Gasteiger partial charge on any atom is -0.378 e. The maximum atomic E-state index is 12.3.